The zero-order valence-corrected chi connectivity index (χ0v) is 10.3. The summed E-state index contributed by atoms with van der Waals surface area (Å²) < 4.78 is 5.58. The third-order valence-electron chi connectivity index (χ3n) is 2.64. The normalized spacial score (nSPS) is 10.3. The van der Waals surface area contributed by atoms with Crippen molar-refractivity contribution in [1.29, 1.82) is 0 Å². The second kappa shape index (κ2) is 6.00. The number of H-pyrrole nitrogens is 1. The average molecular weight is 244 g/mol. The summed E-state index contributed by atoms with van der Waals surface area (Å²) in [4.78, 5) is 17.4. The number of imidazole rings is 1. The number of aromatic nitrogens is 2. The first kappa shape index (κ1) is 12.4. The highest BCUT2D eigenvalue weighted by Gasteiger charge is 2.02. The smallest absolute Gasteiger partial charge is 0.185 e. The van der Waals surface area contributed by atoms with Gasteiger partial charge in [0.1, 0.15) is 5.75 Å². The van der Waals surface area contributed by atoms with Gasteiger partial charge in [0.2, 0.25) is 0 Å². The van der Waals surface area contributed by atoms with Gasteiger partial charge in [-0.1, -0.05) is 13.3 Å². The Morgan fingerprint density at radius 1 is 1.33 bits per heavy atom. The number of carbonyl (C=O) groups is 1. The Morgan fingerprint density at radius 3 is 2.72 bits per heavy atom. The number of benzene rings is 1. The monoisotopic (exact) mass is 244 g/mol. The maximum Gasteiger partial charge on any atom is 0.185 e. The standard InChI is InChI=1S/C14H16N2O2/c1-2-3-8-18-12-6-4-11(5-7-12)13-9-15-14(10-17)16-13/h4-7,9-10H,2-3,8H2,1H3,(H,15,16). The first-order valence-electron chi connectivity index (χ1n) is 6.07. The molecule has 1 heterocycles. The van der Waals surface area contributed by atoms with E-state index in [4.69, 9.17) is 4.74 Å². The van der Waals surface area contributed by atoms with E-state index in [2.05, 4.69) is 16.9 Å². The molecule has 0 saturated heterocycles. The van der Waals surface area contributed by atoms with E-state index >= 15 is 0 Å². The molecule has 94 valence electrons. The Kier molecular flexibility index (Phi) is 4.12. The van der Waals surface area contributed by atoms with E-state index in [-0.39, 0.29) is 0 Å². The molecule has 2 aromatic rings. The number of nitrogens with one attached hydrogen (secondary N) is 1. The number of carbonyl (C=O) groups excluding carboxylic acids is 1. The Bertz CT molecular complexity index is 503. The van der Waals surface area contributed by atoms with Gasteiger partial charge in [0.05, 0.1) is 18.5 Å². The number of hydrogen-bond acceptors (Lipinski definition) is 3. The van der Waals surface area contributed by atoms with Crippen molar-refractivity contribution >= 4 is 6.29 Å². The number of aromatic amines is 1. The number of nitrogens with zero attached hydrogens (tertiary/aromatic N) is 1. The van der Waals surface area contributed by atoms with Crippen LogP contribution in [0.3, 0.4) is 0 Å². The molecule has 1 aromatic carbocycles. The zero-order valence-electron chi connectivity index (χ0n) is 10.3. The molecular formula is C14H16N2O2. The van der Waals surface area contributed by atoms with Crippen molar-refractivity contribution in [2.24, 2.45) is 0 Å². The zero-order chi connectivity index (χ0) is 12.8. The van der Waals surface area contributed by atoms with Crippen LogP contribution < -0.4 is 4.74 Å². The van der Waals surface area contributed by atoms with Gasteiger partial charge in [0.15, 0.2) is 12.1 Å². The van der Waals surface area contributed by atoms with Crippen LogP contribution in [0.1, 0.15) is 30.4 Å². The van der Waals surface area contributed by atoms with E-state index < -0.39 is 0 Å². The summed E-state index contributed by atoms with van der Waals surface area (Å²) in [7, 11) is 0. The molecule has 1 N–H and O–H groups in total. The fraction of sp³-hybridized carbons (Fsp3) is 0.286. The van der Waals surface area contributed by atoms with E-state index in [1.165, 1.54) is 0 Å². The van der Waals surface area contributed by atoms with Gasteiger partial charge in [-0.25, -0.2) is 4.98 Å². The lowest BCUT2D eigenvalue weighted by Gasteiger charge is -2.05. The molecule has 18 heavy (non-hydrogen) atoms. The molecule has 1 aromatic heterocycles. The molecule has 0 unspecified atom stereocenters. The molecule has 0 spiro atoms. The van der Waals surface area contributed by atoms with Gasteiger partial charge in [0.25, 0.3) is 0 Å². The summed E-state index contributed by atoms with van der Waals surface area (Å²) in [5.41, 5.74) is 1.82. The first-order valence-corrected chi connectivity index (χ1v) is 6.07. The second-order valence-electron chi connectivity index (χ2n) is 4.03. The SMILES string of the molecule is CCCCOc1ccc(-c2cnc(C=O)[nH]2)cc1. The van der Waals surface area contributed by atoms with Gasteiger partial charge in [-0.2, -0.15) is 0 Å². The summed E-state index contributed by atoms with van der Waals surface area (Å²) >= 11 is 0. The maximum atomic E-state index is 10.5. The molecule has 0 saturated carbocycles. The number of hydrogen-bond donors (Lipinski definition) is 1. The van der Waals surface area contributed by atoms with E-state index in [0.717, 1.165) is 36.5 Å². The molecule has 0 aliphatic rings. The summed E-state index contributed by atoms with van der Waals surface area (Å²) in [5, 5.41) is 0. The van der Waals surface area contributed by atoms with Crippen LogP contribution in [0.25, 0.3) is 11.3 Å². The minimum atomic E-state index is 0.341. The van der Waals surface area contributed by atoms with Gasteiger partial charge in [0, 0.05) is 0 Å². The fourth-order valence-corrected chi connectivity index (χ4v) is 1.61. The lowest BCUT2D eigenvalue weighted by atomic mass is 10.2. The van der Waals surface area contributed by atoms with Crippen molar-refractivity contribution in [3.05, 3.63) is 36.3 Å². The summed E-state index contributed by atoms with van der Waals surface area (Å²) in [6, 6.07) is 7.74. The van der Waals surface area contributed by atoms with Crippen molar-refractivity contribution in [2.75, 3.05) is 6.61 Å². The van der Waals surface area contributed by atoms with Crippen LogP contribution in [0.15, 0.2) is 30.5 Å². The molecule has 0 radical (unpaired) electrons. The molecule has 0 fully saturated rings. The average Bonchev–Trinajstić information content (AvgIpc) is 2.89. The van der Waals surface area contributed by atoms with Crippen molar-refractivity contribution < 1.29 is 9.53 Å². The summed E-state index contributed by atoms with van der Waals surface area (Å²) in [6.07, 6.45) is 4.54. The predicted molar refractivity (Wildman–Crippen MR) is 69.8 cm³/mol. The highest BCUT2D eigenvalue weighted by molar-refractivity contribution is 5.71. The van der Waals surface area contributed by atoms with Crippen molar-refractivity contribution in [2.45, 2.75) is 19.8 Å². The minimum Gasteiger partial charge on any atom is -0.494 e. The largest absolute Gasteiger partial charge is 0.494 e. The van der Waals surface area contributed by atoms with Crippen LogP contribution in [-0.4, -0.2) is 22.9 Å². The minimum absolute atomic E-state index is 0.341. The number of rotatable bonds is 6. The van der Waals surface area contributed by atoms with Crippen LogP contribution in [-0.2, 0) is 0 Å². The number of ether oxygens (including phenoxy) is 1. The Morgan fingerprint density at radius 2 is 2.11 bits per heavy atom. The van der Waals surface area contributed by atoms with Gasteiger partial charge in [-0.3, -0.25) is 4.79 Å². The highest BCUT2D eigenvalue weighted by atomic mass is 16.5. The summed E-state index contributed by atoms with van der Waals surface area (Å²) in [6.45, 7) is 2.88. The van der Waals surface area contributed by atoms with E-state index in [0.29, 0.717) is 12.1 Å². The van der Waals surface area contributed by atoms with Crippen LogP contribution in [0.5, 0.6) is 5.75 Å². The van der Waals surface area contributed by atoms with Crippen molar-refractivity contribution in [1.82, 2.24) is 9.97 Å². The molecule has 0 atom stereocenters. The predicted octanol–water partition coefficient (Wildman–Crippen LogP) is 3.07. The lowest BCUT2D eigenvalue weighted by molar-refractivity contribution is 0.111. The van der Waals surface area contributed by atoms with E-state index in [1.54, 1.807) is 6.20 Å². The lowest BCUT2D eigenvalue weighted by Crippen LogP contribution is -1.95. The molecule has 4 nitrogen and oxygen atoms in total. The van der Waals surface area contributed by atoms with E-state index in [9.17, 15) is 4.79 Å². The van der Waals surface area contributed by atoms with Crippen molar-refractivity contribution in [3.8, 4) is 17.0 Å². The third kappa shape index (κ3) is 2.97. The number of unbranched alkanes of at least 4 members (excludes halogenated alkanes) is 1. The first-order chi connectivity index (χ1) is 8.83. The Labute approximate surface area is 106 Å². The number of aldehydes is 1. The molecule has 0 aliphatic carbocycles. The topological polar surface area (TPSA) is 55.0 Å². The summed E-state index contributed by atoms with van der Waals surface area (Å²) in [5.74, 6) is 1.20. The molecule has 0 aliphatic heterocycles. The molecule has 2 rings (SSSR count). The van der Waals surface area contributed by atoms with Crippen molar-refractivity contribution in [3.63, 3.8) is 0 Å². The van der Waals surface area contributed by atoms with Crippen LogP contribution in [0, 0.1) is 0 Å². The highest BCUT2D eigenvalue weighted by Crippen LogP contribution is 2.20. The molecule has 0 bridgehead atoms. The van der Waals surface area contributed by atoms with Crippen LogP contribution in [0.2, 0.25) is 0 Å². The molecular weight excluding hydrogens is 228 g/mol. The maximum absolute atomic E-state index is 10.5. The quantitative estimate of drug-likeness (QED) is 0.627. The Balaban J connectivity index is 2.04. The van der Waals surface area contributed by atoms with Gasteiger partial charge >= 0.3 is 0 Å². The molecule has 4 heteroatoms. The van der Waals surface area contributed by atoms with Gasteiger partial charge < -0.3 is 9.72 Å². The van der Waals surface area contributed by atoms with Gasteiger partial charge in [-0.15, -0.1) is 0 Å². The Hall–Kier alpha value is -2.10. The van der Waals surface area contributed by atoms with Crippen LogP contribution in [0.4, 0.5) is 0 Å². The van der Waals surface area contributed by atoms with E-state index in [1.807, 2.05) is 24.3 Å². The second-order valence-corrected chi connectivity index (χ2v) is 4.03. The van der Waals surface area contributed by atoms with Gasteiger partial charge in [-0.05, 0) is 36.2 Å². The molecule has 0 amide bonds. The fourth-order valence-electron chi connectivity index (χ4n) is 1.61. The third-order valence-corrected chi connectivity index (χ3v) is 2.64. The van der Waals surface area contributed by atoms with Crippen LogP contribution >= 0.6 is 0 Å².